The summed E-state index contributed by atoms with van der Waals surface area (Å²) < 4.78 is 5.59. The van der Waals surface area contributed by atoms with Gasteiger partial charge in [0.05, 0.1) is 0 Å². The van der Waals surface area contributed by atoms with E-state index in [9.17, 15) is 9.59 Å². The van der Waals surface area contributed by atoms with E-state index in [1.807, 2.05) is 30.3 Å². The van der Waals surface area contributed by atoms with Crippen LogP contribution in [0.2, 0.25) is 5.02 Å². The molecule has 2 rings (SSSR count). The molecule has 0 spiro atoms. The van der Waals surface area contributed by atoms with Crippen molar-refractivity contribution in [3.8, 4) is 5.75 Å². The molecule has 1 atom stereocenters. The van der Waals surface area contributed by atoms with E-state index in [-0.39, 0.29) is 18.4 Å². The third kappa shape index (κ3) is 6.89. The quantitative estimate of drug-likeness (QED) is 0.610. The van der Waals surface area contributed by atoms with E-state index in [0.717, 1.165) is 18.4 Å². The van der Waals surface area contributed by atoms with E-state index in [4.69, 9.17) is 16.3 Å². The van der Waals surface area contributed by atoms with Gasteiger partial charge in [-0.2, -0.15) is 0 Å². The van der Waals surface area contributed by atoms with Crippen molar-refractivity contribution >= 4 is 23.4 Å². The number of carbonyl (C=O) groups is 2. The molecule has 0 aliphatic rings. The third-order valence-electron chi connectivity index (χ3n) is 4.37. The van der Waals surface area contributed by atoms with E-state index >= 15 is 0 Å². The summed E-state index contributed by atoms with van der Waals surface area (Å²) in [7, 11) is 0. The normalized spacial score (nSPS) is 11.5. The monoisotopic (exact) mass is 402 g/mol. The summed E-state index contributed by atoms with van der Waals surface area (Å²) in [6.45, 7) is 4.56. The summed E-state index contributed by atoms with van der Waals surface area (Å²) in [4.78, 5) is 26.9. The molecule has 2 aromatic carbocycles. The first-order chi connectivity index (χ1) is 13.5. The molecule has 150 valence electrons. The van der Waals surface area contributed by atoms with Crippen molar-refractivity contribution in [1.82, 2.24) is 10.2 Å². The van der Waals surface area contributed by atoms with Crippen LogP contribution in [-0.2, 0) is 16.1 Å². The van der Waals surface area contributed by atoms with Crippen LogP contribution in [0.3, 0.4) is 0 Å². The SMILES string of the molecule is CCCCNC(=O)[C@H](C)N(Cc1ccc(Cl)cc1)C(=O)COc1ccccc1. The molecule has 0 saturated heterocycles. The van der Waals surface area contributed by atoms with Gasteiger partial charge in [0, 0.05) is 18.1 Å². The first-order valence-electron chi connectivity index (χ1n) is 9.50. The van der Waals surface area contributed by atoms with E-state index in [1.165, 1.54) is 4.90 Å². The Morgan fingerprint density at radius 1 is 1.11 bits per heavy atom. The Labute approximate surface area is 171 Å². The van der Waals surface area contributed by atoms with Crippen LogP contribution in [0.5, 0.6) is 5.75 Å². The number of hydrogen-bond acceptors (Lipinski definition) is 3. The zero-order chi connectivity index (χ0) is 20.4. The largest absolute Gasteiger partial charge is 0.484 e. The lowest BCUT2D eigenvalue weighted by Gasteiger charge is -2.28. The maximum atomic E-state index is 12.9. The molecule has 0 saturated carbocycles. The summed E-state index contributed by atoms with van der Waals surface area (Å²) in [6, 6.07) is 15.8. The number of ether oxygens (including phenoxy) is 1. The number of rotatable bonds is 10. The van der Waals surface area contributed by atoms with Crippen LogP contribution in [0.25, 0.3) is 0 Å². The Balaban J connectivity index is 2.08. The number of para-hydroxylation sites is 1. The van der Waals surface area contributed by atoms with Gasteiger partial charge >= 0.3 is 0 Å². The molecule has 0 radical (unpaired) electrons. The molecule has 0 fully saturated rings. The molecule has 0 heterocycles. The van der Waals surface area contributed by atoms with Crippen LogP contribution in [0, 0.1) is 0 Å². The van der Waals surface area contributed by atoms with E-state index in [2.05, 4.69) is 12.2 Å². The summed E-state index contributed by atoms with van der Waals surface area (Å²) in [5.41, 5.74) is 0.894. The lowest BCUT2D eigenvalue weighted by Crippen LogP contribution is -2.49. The summed E-state index contributed by atoms with van der Waals surface area (Å²) in [6.07, 6.45) is 1.90. The maximum absolute atomic E-state index is 12.9. The molecule has 0 bridgehead atoms. The van der Waals surface area contributed by atoms with Gasteiger partial charge in [-0.05, 0) is 43.2 Å². The molecule has 6 heteroatoms. The predicted octanol–water partition coefficient (Wildman–Crippen LogP) is 4.05. The second-order valence-electron chi connectivity index (χ2n) is 6.57. The summed E-state index contributed by atoms with van der Waals surface area (Å²) in [5.74, 6) is 0.190. The Morgan fingerprint density at radius 2 is 1.79 bits per heavy atom. The highest BCUT2D eigenvalue weighted by Crippen LogP contribution is 2.15. The number of nitrogens with zero attached hydrogens (tertiary/aromatic N) is 1. The smallest absolute Gasteiger partial charge is 0.261 e. The maximum Gasteiger partial charge on any atom is 0.261 e. The molecule has 5 nitrogen and oxygen atoms in total. The minimum Gasteiger partial charge on any atom is -0.484 e. The number of hydrogen-bond donors (Lipinski definition) is 1. The minimum atomic E-state index is -0.612. The molecule has 28 heavy (non-hydrogen) atoms. The Bertz CT molecular complexity index is 750. The van der Waals surface area contributed by atoms with Gasteiger partial charge in [0.1, 0.15) is 11.8 Å². The van der Waals surface area contributed by atoms with Crippen LogP contribution in [0.4, 0.5) is 0 Å². The van der Waals surface area contributed by atoms with Crippen molar-refractivity contribution in [2.24, 2.45) is 0 Å². The van der Waals surface area contributed by atoms with Gasteiger partial charge in [-0.25, -0.2) is 0 Å². The van der Waals surface area contributed by atoms with Crippen molar-refractivity contribution in [1.29, 1.82) is 0 Å². The Kier molecular flexibility index (Phi) is 8.82. The topological polar surface area (TPSA) is 58.6 Å². The molecule has 0 unspecified atom stereocenters. The second kappa shape index (κ2) is 11.3. The van der Waals surface area contributed by atoms with Gasteiger partial charge in [0.15, 0.2) is 6.61 Å². The van der Waals surface area contributed by atoms with Crippen LogP contribution in [0.1, 0.15) is 32.3 Å². The molecule has 0 aliphatic carbocycles. The number of amides is 2. The highest BCUT2D eigenvalue weighted by Gasteiger charge is 2.26. The molecule has 2 amide bonds. The van der Waals surface area contributed by atoms with Gasteiger partial charge < -0.3 is 15.0 Å². The van der Waals surface area contributed by atoms with Crippen molar-refractivity contribution in [3.63, 3.8) is 0 Å². The molecule has 1 N–H and O–H groups in total. The average molecular weight is 403 g/mol. The first-order valence-corrected chi connectivity index (χ1v) is 9.88. The standard InChI is InChI=1S/C22H27ClN2O3/c1-3-4-14-24-22(27)17(2)25(15-18-10-12-19(23)13-11-18)21(26)16-28-20-8-6-5-7-9-20/h5-13,17H,3-4,14-16H2,1-2H3,(H,24,27)/t17-/m0/s1. The van der Waals surface area contributed by atoms with Gasteiger partial charge in [-0.1, -0.05) is 55.3 Å². The predicted molar refractivity (Wildman–Crippen MR) is 111 cm³/mol. The van der Waals surface area contributed by atoms with Gasteiger partial charge in [-0.3, -0.25) is 9.59 Å². The molecular formula is C22H27ClN2O3. The van der Waals surface area contributed by atoms with Crippen LogP contribution in [0.15, 0.2) is 54.6 Å². The fourth-order valence-corrected chi connectivity index (χ4v) is 2.78. The van der Waals surface area contributed by atoms with Crippen LogP contribution in [-0.4, -0.2) is 35.9 Å². The first kappa shape index (κ1) is 21.8. The van der Waals surface area contributed by atoms with Crippen molar-refractivity contribution in [3.05, 3.63) is 65.2 Å². The van der Waals surface area contributed by atoms with Gasteiger partial charge in [0.2, 0.25) is 5.91 Å². The number of unbranched alkanes of at least 4 members (excludes halogenated alkanes) is 1. The Morgan fingerprint density at radius 3 is 2.43 bits per heavy atom. The Hall–Kier alpha value is -2.53. The lowest BCUT2D eigenvalue weighted by molar-refractivity contribution is -0.142. The zero-order valence-electron chi connectivity index (χ0n) is 16.4. The van der Waals surface area contributed by atoms with Crippen LogP contribution >= 0.6 is 11.6 Å². The van der Waals surface area contributed by atoms with E-state index < -0.39 is 6.04 Å². The number of nitrogens with one attached hydrogen (secondary N) is 1. The highest BCUT2D eigenvalue weighted by atomic mass is 35.5. The van der Waals surface area contributed by atoms with E-state index in [0.29, 0.717) is 23.9 Å². The van der Waals surface area contributed by atoms with E-state index in [1.54, 1.807) is 31.2 Å². The number of halogens is 1. The van der Waals surface area contributed by atoms with Crippen LogP contribution < -0.4 is 10.1 Å². The average Bonchev–Trinajstić information content (AvgIpc) is 2.72. The molecule has 2 aromatic rings. The molecule has 0 aromatic heterocycles. The van der Waals surface area contributed by atoms with Gasteiger partial charge in [0.25, 0.3) is 5.91 Å². The fraction of sp³-hybridized carbons (Fsp3) is 0.364. The summed E-state index contributed by atoms with van der Waals surface area (Å²) in [5, 5.41) is 3.52. The van der Waals surface area contributed by atoms with Crippen molar-refractivity contribution in [2.45, 2.75) is 39.3 Å². The molecular weight excluding hydrogens is 376 g/mol. The number of carbonyl (C=O) groups excluding carboxylic acids is 2. The zero-order valence-corrected chi connectivity index (χ0v) is 17.1. The lowest BCUT2D eigenvalue weighted by atomic mass is 10.1. The fourth-order valence-electron chi connectivity index (χ4n) is 2.65. The van der Waals surface area contributed by atoms with Crippen molar-refractivity contribution in [2.75, 3.05) is 13.2 Å². The van der Waals surface area contributed by atoms with Gasteiger partial charge in [-0.15, -0.1) is 0 Å². The number of benzene rings is 2. The minimum absolute atomic E-state index is 0.135. The molecule has 0 aliphatic heterocycles. The van der Waals surface area contributed by atoms with Crippen molar-refractivity contribution < 1.29 is 14.3 Å². The second-order valence-corrected chi connectivity index (χ2v) is 7.01. The third-order valence-corrected chi connectivity index (χ3v) is 4.62. The summed E-state index contributed by atoms with van der Waals surface area (Å²) >= 11 is 5.95. The highest BCUT2D eigenvalue weighted by molar-refractivity contribution is 6.30.